The Bertz CT molecular complexity index is 848. The van der Waals surface area contributed by atoms with Gasteiger partial charge >= 0.3 is 0 Å². The van der Waals surface area contributed by atoms with Crippen LogP contribution in [0, 0.1) is 50.7 Å². The van der Waals surface area contributed by atoms with Gasteiger partial charge in [0.1, 0.15) is 11.8 Å². The maximum Gasteiger partial charge on any atom is 0.246 e. The summed E-state index contributed by atoms with van der Waals surface area (Å²) in [5.74, 6) is -1.05. The molecular weight excluding hydrogens is 316 g/mol. The molecule has 1 aromatic carbocycles. The number of hydrogen-bond acceptors (Lipinski definition) is 5. The Morgan fingerprint density at radius 2 is 1.80 bits per heavy atom. The summed E-state index contributed by atoms with van der Waals surface area (Å²) in [6.45, 7) is 0. The van der Waals surface area contributed by atoms with E-state index in [1.807, 2.05) is 18.2 Å². The highest BCUT2D eigenvalue weighted by molar-refractivity contribution is 5.92. The van der Waals surface area contributed by atoms with Crippen molar-refractivity contribution in [2.45, 2.75) is 37.5 Å². The molecule has 1 aromatic rings. The zero-order valence-corrected chi connectivity index (χ0v) is 13.5. The van der Waals surface area contributed by atoms with E-state index in [4.69, 9.17) is 4.74 Å². The van der Waals surface area contributed by atoms with E-state index >= 15 is 0 Å². The molecule has 4 rings (SSSR count). The molecule has 0 unspecified atom stereocenters. The fourth-order valence-electron chi connectivity index (χ4n) is 4.92. The Balaban J connectivity index is 2.01. The molecule has 124 valence electrons. The third-order valence-corrected chi connectivity index (χ3v) is 6.03. The smallest absolute Gasteiger partial charge is 0.246 e. The quantitative estimate of drug-likeness (QED) is 0.848. The van der Waals surface area contributed by atoms with Crippen molar-refractivity contribution < 1.29 is 9.53 Å². The van der Waals surface area contributed by atoms with Crippen LogP contribution < -0.4 is 5.32 Å². The van der Waals surface area contributed by atoms with Gasteiger partial charge in [-0.1, -0.05) is 36.8 Å². The van der Waals surface area contributed by atoms with Crippen molar-refractivity contribution in [1.29, 1.82) is 15.8 Å². The van der Waals surface area contributed by atoms with Gasteiger partial charge < -0.3 is 10.1 Å². The van der Waals surface area contributed by atoms with Gasteiger partial charge in [0.25, 0.3) is 0 Å². The number of hydrogen-bond donors (Lipinski definition) is 1. The molecular formula is C19H16N4O2. The Morgan fingerprint density at radius 3 is 2.44 bits per heavy atom. The van der Waals surface area contributed by atoms with E-state index in [0.29, 0.717) is 18.4 Å². The monoisotopic (exact) mass is 332 g/mol. The van der Waals surface area contributed by atoms with E-state index in [2.05, 4.69) is 11.4 Å². The molecule has 1 aliphatic carbocycles. The number of ether oxygens (including phenoxy) is 1. The molecule has 2 saturated heterocycles. The average molecular weight is 332 g/mol. The minimum Gasteiger partial charge on any atom is -0.345 e. The van der Waals surface area contributed by atoms with Gasteiger partial charge in [-0.3, -0.25) is 4.79 Å². The first-order chi connectivity index (χ1) is 12.1. The number of nitrogens with zero attached hydrogens (tertiary/aromatic N) is 3. The summed E-state index contributed by atoms with van der Waals surface area (Å²) < 4.78 is 6.32. The first-order valence-corrected chi connectivity index (χ1v) is 8.39. The van der Waals surface area contributed by atoms with Gasteiger partial charge in [-0.05, 0) is 24.8 Å². The predicted octanol–water partition coefficient (Wildman–Crippen LogP) is 2.32. The maximum absolute atomic E-state index is 13.0. The lowest BCUT2D eigenvalue weighted by Gasteiger charge is -2.52. The van der Waals surface area contributed by atoms with E-state index in [9.17, 15) is 20.6 Å². The molecule has 25 heavy (non-hydrogen) atoms. The topological polar surface area (TPSA) is 110 Å². The SMILES string of the molecule is N#CC1(C#N)[C@H](c2ccccc2)O[C@@]23CCCC[C@H]2[C@@]1(C#N)C(=O)N3. The number of carbonyl (C=O) groups is 1. The molecule has 0 radical (unpaired) electrons. The fourth-order valence-corrected chi connectivity index (χ4v) is 4.92. The van der Waals surface area contributed by atoms with Gasteiger partial charge in [-0.15, -0.1) is 0 Å². The van der Waals surface area contributed by atoms with Crippen molar-refractivity contribution in [3.05, 3.63) is 35.9 Å². The van der Waals surface area contributed by atoms with Crippen LogP contribution in [0.5, 0.6) is 0 Å². The van der Waals surface area contributed by atoms with Crippen LogP contribution in [-0.4, -0.2) is 11.6 Å². The summed E-state index contributed by atoms with van der Waals surface area (Å²) >= 11 is 0. The van der Waals surface area contributed by atoms with Gasteiger partial charge in [0, 0.05) is 5.92 Å². The van der Waals surface area contributed by atoms with Crippen LogP contribution in [0.4, 0.5) is 0 Å². The van der Waals surface area contributed by atoms with E-state index in [0.717, 1.165) is 12.8 Å². The summed E-state index contributed by atoms with van der Waals surface area (Å²) in [6.07, 6.45) is 1.92. The minimum atomic E-state index is -1.89. The highest BCUT2D eigenvalue weighted by Gasteiger charge is 2.80. The highest BCUT2D eigenvalue weighted by Crippen LogP contribution is 2.67. The summed E-state index contributed by atoms with van der Waals surface area (Å²) in [5, 5.41) is 33.0. The summed E-state index contributed by atoms with van der Waals surface area (Å²) in [6, 6.07) is 15.1. The number of nitrogens with one attached hydrogen (secondary N) is 1. The molecule has 3 aliphatic rings. The Labute approximate surface area is 145 Å². The van der Waals surface area contributed by atoms with Crippen LogP contribution >= 0.6 is 0 Å². The van der Waals surface area contributed by atoms with Gasteiger partial charge in [0.05, 0.1) is 18.2 Å². The van der Waals surface area contributed by atoms with Gasteiger partial charge in [-0.2, -0.15) is 15.8 Å². The van der Waals surface area contributed by atoms with E-state index in [1.54, 1.807) is 24.3 Å². The Hall–Kier alpha value is -2.88. The molecule has 1 N–H and O–H groups in total. The van der Waals surface area contributed by atoms with Gasteiger partial charge in [-0.25, -0.2) is 0 Å². The lowest BCUT2D eigenvalue weighted by Crippen LogP contribution is -2.61. The molecule has 1 amide bonds. The van der Waals surface area contributed by atoms with Crippen molar-refractivity contribution in [3.63, 3.8) is 0 Å². The third-order valence-electron chi connectivity index (χ3n) is 6.03. The zero-order chi connectivity index (χ0) is 17.7. The van der Waals surface area contributed by atoms with E-state index in [-0.39, 0.29) is 0 Å². The molecule has 2 heterocycles. The normalized spacial score (nSPS) is 37.7. The zero-order valence-electron chi connectivity index (χ0n) is 13.5. The summed E-state index contributed by atoms with van der Waals surface area (Å²) in [5.41, 5.74) is -3.96. The Morgan fingerprint density at radius 1 is 1.08 bits per heavy atom. The Kier molecular flexibility index (Phi) is 3.16. The average Bonchev–Trinajstić information content (AvgIpc) is 2.87. The van der Waals surface area contributed by atoms with Crippen molar-refractivity contribution in [2.24, 2.45) is 16.7 Å². The van der Waals surface area contributed by atoms with E-state index in [1.165, 1.54) is 0 Å². The molecule has 6 nitrogen and oxygen atoms in total. The van der Waals surface area contributed by atoms with Crippen molar-refractivity contribution >= 4 is 5.91 Å². The second-order valence-electron chi connectivity index (χ2n) is 7.00. The van der Waals surface area contributed by atoms with Crippen molar-refractivity contribution in [2.75, 3.05) is 0 Å². The molecule has 4 atom stereocenters. The third kappa shape index (κ3) is 1.62. The number of benzene rings is 1. The van der Waals surface area contributed by atoms with Crippen LogP contribution in [0.15, 0.2) is 30.3 Å². The van der Waals surface area contributed by atoms with Crippen LogP contribution in [-0.2, 0) is 9.53 Å². The maximum atomic E-state index is 13.0. The van der Waals surface area contributed by atoms with Crippen molar-refractivity contribution in [1.82, 2.24) is 5.32 Å². The fraction of sp³-hybridized carbons (Fsp3) is 0.474. The second-order valence-corrected chi connectivity index (χ2v) is 7.00. The number of rotatable bonds is 1. The number of carbonyl (C=O) groups excluding carboxylic acids is 1. The van der Waals surface area contributed by atoms with Crippen molar-refractivity contribution in [3.8, 4) is 18.2 Å². The molecule has 1 saturated carbocycles. The molecule has 6 heteroatoms. The van der Waals surface area contributed by atoms with E-state index < -0.39 is 34.5 Å². The predicted molar refractivity (Wildman–Crippen MR) is 84.8 cm³/mol. The molecule has 2 bridgehead atoms. The van der Waals surface area contributed by atoms with Gasteiger partial charge in [0.15, 0.2) is 5.41 Å². The standard InChI is InChI=1S/C19H16N4O2/c20-10-17(11-21)15(13-6-2-1-3-7-13)25-19-9-5-4-8-14(19)18(17,12-22)16(24)23-19/h1-3,6-7,14-15H,4-5,8-9H2,(H,23,24)/t14-,15-,18-,19-/m0/s1. The molecule has 0 spiro atoms. The number of amides is 1. The summed E-state index contributed by atoms with van der Waals surface area (Å²) in [4.78, 5) is 13.0. The van der Waals surface area contributed by atoms with Gasteiger partial charge in [0.2, 0.25) is 11.3 Å². The van der Waals surface area contributed by atoms with Crippen LogP contribution in [0.3, 0.4) is 0 Å². The minimum absolute atomic E-state index is 0.495. The summed E-state index contributed by atoms with van der Waals surface area (Å²) in [7, 11) is 0. The van der Waals surface area contributed by atoms with Crippen LogP contribution in [0.1, 0.15) is 37.4 Å². The molecule has 2 aliphatic heterocycles. The number of nitriles is 3. The lowest BCUT2D eigenvalue weighted by atomic mass is 9.51. The van der Waals surface area contributed by atoms with Crippen LogP contribution in [0.25, 0.3) is 0 Å². The highest BCUT2D eigenvalue weighted by atomic mass is 16.5. The molecule has 3 fully saturated rings. The first kappa shape index (κ1) is 15.6. The first-order valence-electron chi connectivity index (χ1n) is 8.39. The molecule has 0 aromatic heterocycles. The second kappa shape index (κ2) is 5.06. The lowest BCUT2D eigenvalue weighted by molar-refractivity contribution is -0.227. The van der Waals surface area contributed by atoms with Crippen LogP contribution in [0.2, 0.25) is 0 Å². The largest absolute Gasteiger partial charge is 0.345 e.